The number of hydrogen-bond donors (Lipinski definition) is 0. The van der Waals surface area contributed by atoms with Crippen LogP contribution in [0.15, 0.2) is 54.6 Å². The summed E-state index contributed by atoms with van der Waals surface area (Å²) in [5.74, 6) is -0.704. The number of para-hydroxylation sites is 1. The fourth-order valence-corrected chi connectivity index (χ4v) is 4.70. The van der Waals surface area contributed by atoms with Crippen LogP contribution in [0.1, 0.15) is 23.6 Å². The number of anilines is 1. The molecule has 0 unspecified atom stereocenters. The highest BCUT2D eigenvalue weighted by atomic mass is 16.2. The molecule has 0 aliphatic carbocycles. The number of carbonyl (C=O) groups is 2. The molecule has 134 valence electrons. The monoisotopic (exact) mass is 358 g/mol. The largest absolute Gasteiger partial charge is 0.274 e. The van der Waals surface area contributed by atoms with E-state index in [1.54, 1.807) is 24.3 Å². The number of amides is 2. The molecule has 3 atom stereocenters. The quantitative estimate of drug-likeness (QED) is 0.769. The van der Waals surface area contributed by atoms with Crippen LogP contribution in [0.4, 0.5) is 5.69 Å². The average Bonchev–Trinajstić information content (AvgIpc) is 3.35. The Hall–Kier alpha value is -3.01. The van der Waals surface area contributed by atoms with E-state index in [9.17, 15) is 9.59 Å². The standard InChI is InChI=1S/C21H18N4O2/c22-13-14-7-9-15(10-8-14)18-17-19(24-12-4-11-23(18)24)21(27)25(20(17)26)16-5-2-1-3-6-16/h1-3,5-10,17-19H,4,11-12H2/t17-,18-,19+/m1/s1. The van der Waals surface area contributed by atoms with Gasteiger partial charge in [-0.05, 0) is 36.2 Å². The summed E-state index contributed by atoms with van der Waals surface area (Å²) in [5, 5.41) is 13.3. The maximum atomic E-state index is 13.3. The average molecular weight is 358 g/mol. The summed E-state index contributed by atoms with van der Waals surface area (Å²) in [6.07, 6.45) is 0.975. The van der Waals surface area contributed by atoms with Crippen molar-refractivity contribution in [1.29, 1.82) is 5.26 Å². The first-order valence-electron chi connectivity index (χ1n) is 9.17. The SMILES string of the molecule is N#Cc1ccc([C@@H]2[C@H]3C(=O)N(c4ccccc4)C(=O)[C@H]3N3CCCN23)cc1. The molecular weight excluding hydrogens is 340 g/mol. The highest BCUT2D eigenvalue weighted by Crippen LogP contribution is 2.48. The Morgan fingerprint density at radius 3 is 2.19 bits per heavy atom. The van der Waals surface area contributed by atoms with Gasteiger partial charge in [0.1, 0.15) is 6.04 Å². The number of hydrazine groups is 1. The van der Waals surface area contributed by atoms with Crippen LogP contribution in [-0.2, 0) is 9.59 Å². The minimum atomic E-state index is -0.444. The molecule has 3 aliphatic heterocycles. The lowest BCUT2D eigenvalue weighted by Gasteiger charge is -2.29. The van der Waals surface area contributed by atoms with Crippen molar-refractivity contribution in [1.82, 2.24) is 10.0 Å². The van der Waals surface area contributed by atoms with Crippen LogP contribution < -0.4 is 4.90 Å². The van der Waals surface area contributed by atoms with Gasteiger partial charge in [0.2, 0.25) is 5.91 Å². The minimum absolute atomic E-state index is 0.139. The molecule has 5 rings (SSSR count). The Labute approximate surface area is 157 Å². The molecule has 0 saturated carbocycles. The van der Waals surface area contributed by atoms with E-state index in [-0.39, 0.29) is 17.9 Å². The molecule has 3 aliphatic rings. The predicted molar refractivity (Wildman–Crippen MR) is 98.1 cm³/mol. The maximum Gasteiger partial charge on any atom is 0.253 e. The second-order valence-corrected chi connectivity index (χ2v) is 7.18. The normalized spacial score (nSPS) is 27.7. The number of benzene rings is 2. The number of rotatable bonds is 2. The van der Waals surface area contributed by atoms with E-state index in [0.717, 1.165) is 25.1 Å². The summed E-state index contributed by atoms with van der Waals surface area (Å²) in [7, 11) is 0. The number of hydrogen-bond acceptors (Lipinski definition) is 5. The molecule has 0 bridgehead atoms. The van der Waals surface area contributed by atoms with Crippen LogP contribution in [0.2, 0.25) is 0 Å². The number of imide groups is 1. The van der Waals surface area contributed by atoms with Crippen LogP contribution in [0, 0.1) is 17.2 Å². The Balaban J connectivity index is 1.58. The smallest absolute Gasteiger partial charge is 0.253 e. The topological polar surface area (TPSA) is 67.6 Å². The molecule has 2 amide bonds. The summed E-state index contributed by atoms with van der Waals surface area (Å²) < 4.78 is 0. The van der Waals surface area contributed by atoms with Gasteiger partial charge in [-0.25, -0.2) is 14.9 Å². The lowest BCUT2D eigenvalue weighted by Crippen LogP contribution is -2.44. The van der Waals surface area contributed by atoms with Crippen LogP contribution in [0.3, 0.4) is 0 Å². The van der Waals surface area contributed by atoms with Crippen molar-refractivity contribution in [2.45, 2.75) is 18.5 Å². The third kappa shape index (κ3) is 2.26. The van der Waals surface area contributed by atoms with E-state index in [2.05, 4.69) is 16.1 Å². The third-order valence-electron chi connectivity index (χ3n) is 5.80. The first kappa shape index (κ1) is 16.2. The fourth-order valence-electron chi connectivity index (χ4n) is 4.70. The number of nitrogens with zero attached hydrogens (tertiary/aromatic N) is 4. The van der Waals surface area contributed by atoms with Crippen molar-refractivity contribution in [3.8, 4) is 6.07 Å². The van der Waals surface area contributed by atoms with Crippen molar-refractivity contribution in [2.75, 3.05) is 18.0 Å². The molecule has 2 aromatic carbocycles. The number of carbonyl (C=O) groups excluding carboxylic acids is 2. The molecule has 3 fully saturated rings. The van der Waals surface area contributed by atoms with E-state index in [4.69, 9.17) is 5.26 Å². The molecule has 3 heterocycles. The summed E-state index contributed by atoms with van der Waals surface area (Å²) in [6.45, 7) is 1.62. The second kappa shape index (κ2) is 6.02. The molecule has 0 aromatic heterocycles. The van der Waals surface area contributed by atoms with E-state index in [1.807, 2.05) is 30.3 Å². The summed E-state index contributed by atoms with van der Waals surface area (Å²) in [5.41, 5.74) is 2.20. The van der Waals surface area contributed by atoms with Gasteiger partial charge in [-0.15, -0.1) is 0 Å². The molecule has 0 spiro atoms. The molecule has 6 nitrogen and oxygen atoms in total. The van der Waals surface area contributed by atoms with E-state index in [0.29, 0.717) is 11.3 Å². The Morgan fingerprint density at radius 2 is 1.52 bits per heavy atom. The predicted octanol–water partition coefficient (Wildman–Crippen LogP) is 2.09. The Bertz CT molecular complexity index is 950. The van der Waals surface area contributed by atoms with E-state index in [1.165, 1.54) is 4.90 Å². The minimum Gasteiger partial charge on any atom is -0.274 e. The van der Waals surface area contributed by atoms with Gasteiger partial charge in [0.25, 0.3) is 5.91 Å². The summed E-state index contributed by atoms with van der Waals surface area (Å²) >= 11 is 0. The molecule has 2 aromatic rings. The van der Waals surface area contributed by atoms with Gasteiger partial charge in [0.15, 0.2) is 0 Å². The van der Waals surface area contributed by atoms with Crippen molar-refractivity contribution in [3.05, 3.63) is 65.7 Å². The highest BCUT2D eigenvalue weighted by molar-refractivity contribution is 6.24. The maximum absolute atomic E-state index is 13.3. The lowest BCUT2D eigenvalue weighted by molar-refractivity contribution is -0.126. The van der Waals surface area contributed by atoms with Crippen molar-refractivity contribution in [3.63, 3.8) is 0 Å². The molecular formula is C21H18N4O2. The molecule has 3 saturated heterocycles. The van der Waals surface area contributed by atoms with Crippen molar-refractivity contribution < 1.29 is 9.59 Å². The lowest BCUT2D eigenvalue weighted by atomic mass is 9.89. The zero-order valence-electron chi connectivity index (χ0n) is 14.7. The first-order valence-corrected chi connectivity index (χ1v) is 9.17. The Kier molecular flexibility index (Phi) is 3.61. The zero-order valence-corrected chi connectivity index (χ0v) is 14.7. The van der Waals surface area contributed by atoms with Crippen LogP contribution in [-0.4, -0.2) is 41.0 Å². The van der Waals surface area contributed by atoms with Crippen LogP contribution in [0.5, 0.6) is 0 Å². The molecule has 0 N–H and O–H groups in total. The first-order chi connectivity index (χ1) is 13.2. The van der Waals surface area contributed by atoms with Gasteiger partial charge in [0.05, 0.1) is 29.3 Å². The van der Waals surface area contributed by atoms with E-state index >= 15 is 0 Å². The summed E-state index contributed by atoms with van der Waals surface area (Å²) in [6, 6.07) is 18.0. The molecule has 6 heteroatoms. The number of fused-ring (bicyclic) bond motifs is 3. The van der Waals surface area contributed by atoms with Crippen LogP contribution >= 0.6 is 0 Å². The van der Waals surface area contributed by atoms with Gasteiger partial charge in [-0.2, -0.15) is 5.26 Å². The third-order valence-corrected chi connectivity index (χ3v) is 5.80. The van der Waals surface area contributed by atoms with Gasteiger partial charge >= 0.3 is 0 Å². The van der Waals surface area contributed by atoms with Gasteiger partial charge < -0.3 is 0 Å². The zero-order chi connectivity index (χ0) is 18.5. The second-order valence-electron chi connectivity index (χ2n) is 7.18. The van der Waals surface area contributed by atoms with Crippen molar-refractivity contribution >= 4 is 17.5 Å². The van der Waals surface area contributed by atoms with Gasteiger partial charge in [-0.1, -0.05) is 30.3 Å². The highest BCUT2D eigenvalue weighted by Gasteiger charge is 2.62. The molecule has 27 heavy (non-hydrogen) atoms. The fraction of sp³-hybridized carbons (Fsp3) is 0.286. The van der Waals surface area contributed by atoms with Crippen molar-refractivity contribution in [2.24, 2.45) is 5.92 Å². The molecule has 0 radical (unpaired) electrons. The number of nitriles is 1. The van der Waals surface area contributed by atoms with Gasteiger partial charge in [0, 0.05) is 13.1 Å². The van der Waals surface area contributed by atoms with Crippen LogP contribution in [0.25, 0.3) is 0 Å². The van der Waals surface area contributed by atoms with Gasteiger partial charge in [-0.3, -0.25) is 9.59 Å². The summed E-state index contributed by atoms with van der Waals surface area (Å²) in [4.78, 5) is 27.9. The van der Waals surface area contributed by atoms with E-state index < -0.39 is 12.0 Å². The Morgan fingerprint density at radius 1 is 0.852 bits per heavy atom.